The summed E-state index contributed by atoms with van der Waals surface area (Å²) in [6.45, 7) is 4.12. The van der Waals surface area contributed by atoms with Gasteiger partial charge in [0.25, 0.3) is 0 Å². The minimum Gasteiger partial charge on any atom is -0.348 e. The van der Waals surface area contributed by atoms with Crippen LogP contribution in [0.1, 0.15) is 20.3 Å². The molecule has 0 atom stereocenters. The molecule has 0 aliphatic heterocycles. The summed E-state index contributed by atoms with van der Waals surface area (Å²) in [5, 5.41) is 14.3. The number of aromatic nitrogens is 4. The van der Waals surface area contributed by atoms with Gasteiger partial charge in [0.1, 0.15) is 0 Å². The molecule has 0 aliphatic carbocycles. The van der Waals surface area contributed by atoms with Crippen molar-refractivity contribution in [1.82, 2.24) is 20.2 Å². The number of anilines is 1. The molecule has 74 valence electrons. The molecule has 0 saturated carbocycles. The average Bonchev–Trinajstić information content (AvgIpc) is 2.35. The van der Waals surface area contributed by atoms with Crippen molar-refractivity contribution in [3.63, 3.8) is 0 Å². The summed E-state index contributed by atoms with van der Waals surface area (Å²) < 4.78 is 1.59. The van der Waals surface area contributed by atoms with E-state index in [0.29, 0.717) is 11.8 Å². The minimum atomic E-state index is -0.0791. The Morgan fingerprint density at radius 3 is 2.69 bits per heavy atom. The Balaban J connectivity index is 2.63. The normalized spacial score (nSPS) is 11.7. The van der Waals surface area contributed by atoms with Gasteiger partial charge < -0.3 is 5.32 Å². The molecule has 1 N–H and O–H groups in total. The second-order valence-corrected chi connectivity index (χ2v) is 3.95. The van der Waals surface area contributed by atoms with Crippen molar-refractivity contribution in [2.45, 2.75) is 25.8 Å². The van der Waals surface area contributed by atoms with E-state index < -0.39 is 0 Å². The van der Waals surface area contributed by atoms with Crippen molar-refractivity contribution in [2.24, 2.45) is 7.05 Å². The van der Waals surface area contributed by atoms with Gasteiger partial charge in [-0.2, -0.15) is 0 Å². The number of rotatable bonds is 4. The maximum absolute atomic E-state index is 5.67. The molecule has 0 aliphatic rings. The molecule has 1 heterocycles. The number of nitrogens with one attached hydrogen (secondary N) is 1. The molecule has 0 amide bonds. The number of halogens is 1. The molecule has 5 nitrogen and oxygen atoms in total. The van der Waals surface area contributed by atoms with Crippen LogP contribution in [0, 0.1) is 0 Å². The zero-order chi connectivity index (χ0) is 9.90. The van der Waals surface area contributed by atoms with Crippen LogP contribution in [0.5, 0.6) is 0 Å². The van der Waals surface area contributed by atoms with Gasteiger partial charge in [0.05, 0.1) is 0 Å². The van der Waals surface area contributed by atoms with E-state index in [1.54, 1.807) is 11.7 Å². The first-order valence-corrected chi connectivity index (χ1v) is 4.65. The molecule has 0 radical (unpaired) electrons. The van der Waals surface area contributed by atoms with Gasteiger partial charge in [-0.1, -0.05) is 5.10 Å². The molecule has 13 heavy (non-hydrogen) atoms. The quantitative estimate of drug-likeness (QED) is 0.743. The zero-order valence-electron chi connectivity index (χ0n) is 8.08. The Morgan fingerprint density at radius 1 is 1.54 bits per heavy atom. The fourth-order valence-electron chi connectivity index (χ4n) is 0.937. The monoisotopic (exact) mass is 203 g/mol. The van der Waals surface area contributed by atoms with E-state index in [0.717, 1.165) is 6.42 Å². The third-order valence-corrected chi connectivity index (χ3v) is 1.98. The van der Waals surface area contributed by atoms with Crippen LogP contribution in [0.4, 0.5) is 5.95 Å². The molecule has 1 aromatic rings. The van der Waals surface area contributed by atoms with Crippen LogP contribution in [-0.4, -0.2) is 31.6 Å². The van der Waals surface area contributed by atoms with Crippen LogP contribution in [0.15, 0.2) is 0 Å². The van der Waals surface area contributed by atoms with E-state index >= 15 is 0 Å². The first-order valence-electron chi connectivity index (χ1n) is 4.12. The topological polar surface area (TPSA) is 55.6 Å². The standard InChI is InChI=1S/C7H14ClN5/c1-7(2,4-5-8)9-6-10-11-12-13(6)3/h4-5H2,1-3H3,(H,9,10,12). The van der Waals surface area contributed by atoms with Crippen molar-refractivity contribution in [3.8, 4) is 0 Å². The number of aryl methyl sites for hydroxylation is 1. The summed E-state index contributed by atoms with van der Waals surface area (Å²) in [6, 6.07) is 0. The molecule has 1 rings (SSSR count). The molecule has 0 spiro atoms. The molecule has 6 heteroatoms. The van der Waals surface area contributed by atoms with E-state index in [4.69, 9.17) is 11.6 Å². The van der Waals surface area contributed by atoms with Gasteiger partial charge in [-0.05, 0) is 30.7 Å². The summed E-state index contributed by atoms with van der Waals surface area (Å²) in [7, 11) is 1.79. The molecule has 0 unspecified atom stereocenters. The number of alkyl halides is 1. The second kappa shape index (κ2) is 3.91. The number of tetrazole rings is 1. The fourth-order valence-corrected chi connectivity index (χ4v) is 1.41. The lowest BCUT2D eigenvalue weighted by atomic mass is 10.0. The Morgan fingerprint density at radius 2 is 2.23 bits per heavy atom. The van der Waals surface area contributed by atoms with Crippen molar-refractivity contribution in [1.29, 1.82) is 0 Å². The Kier molecular flexibility index (Phi) is 3.08. The van der Waals surface area contributed by atoms with Gasteiger partial charge in [0, 0.05) is 18.5 Å². The van der Waals surface area contributed by atoms with Gasteiger partial charge in [-0.25, -0.2) is 4.68 Å². The van der Waals surface area contributed by atoms with E-state index in [-0.39, 0.29) is 5.54 Å². The van der Waals surface area contributed by atoms with Gasteiger partial charge >= 0.3 is 0 Å². The van der Waals surface area contributed by atoms with E-state index in [9.17, 15) is 0 Å². The highest BCUT2D eigenvalue weighted by Crippen LogP contribution is 2.15. The molecule has 0 saturated heterocycles. The Bertz CT molecular complexity index is 270. The average molecular weight is 204 g/mol. The third-order valence-electron chi connectivity index (χ3n) is 1.79. The van der Waals surface area contributed by atoms with E-state index in [2.05, 4.69) is 34.7 Å². The van der Waals surface area contributed by atoms with Gasteiger partial charge in [-0.15, -0.1) is 11.6 Å². The van der Waals surface area contributed by atoms with Crippen LogP contribution in [-0.2, 0) is 7.05 Å². The van der Waals surface area contributed by atoms with Crippen molar-refractivity contribution >= 4 is 17.5 Å². The first-order chi connectivity index (χ1) is 6.05. The predicted octanol–water partition coefficient (Wildman–Crippen LogP) is 1.03. The summed E-state index contributed by atoms with van der Waals surface area (Å²) in [5.41, 5.74) is -0.0791. The van der Waals surface area contributed by atoms with Gasteiger partial charge in [0.15, 0.2) is 0 Å². The first kappa shape index (κ1) is 10.2. The highest BCUT2D eigenvalue weighted by molar-refractivity contribution is 6.17. The Hall–Kier alpha value is -0.840. The molecule has 0 bridgehead atoms. The fraction of sp³-hybridized carbons (Fsp3) is 0.857. The van der Waals surface area contributed by atoms with E-state index in [1.165, 1.54) is 0 Å². The molecule has 0 fully saturated rings. The molecule has 0 aromatic carbocycles. The summed E-state index contributed by atoms with van der Waals surface area (Å²) >= 11 is 5.67. The zero-order valence-corrected chi connectivity index (χ0v) is 8.84. The number of nitrogens with zero attached hydrogens (tertiary/aromatic N) is 4. The lowest BCUT2D eigenvalue weighted by molar-refractivity contribution is 0.539. The largest absolute Gasteiger partial charge is 0.348 e. The maximum Gasteiger partial charge on any atom is 0.243 e. The van der Waals surface area contributed by atoms with Crippen LogP contribution in [0.2, 0.25) is 0 Å². The predicted molar refractivity (Wildman–Crippen MR) is 51.8 cm³/mol. The maximum atomic E-state index is 5.67. The highest BCUT2D eigenvalue weighted by atomic mass is 35.5. The SMILES string of the molecule is Cn1nnnc1NC(C)(C)CCCl. The summed E-state index contributed by atoms with van der Waals surface area (Å²) in [4.78, 5) is 0. The third kappa shape index (κ3) is 2.84. The lowest BCUT2D eigenvalue weighted by Gasteiger charge is -2.24. The van der Waals surface area contributed by atoms with Crippen molar-refractivity contribution in [2.75, 3.05) is 11.2 Å². The number of hydrogen-bond donors (Lipinski definition) is 1. The summed E-state index contributed by atoms with van der Waals surface area (Å²) in [5.74, 6) is 1.28. The van der Waals surface area contributed by atoms with Crippen LogP contribution >= 0.6 is 11.6 Å². The van der Waals surface area contributed by atoms with Crippen molar-refractivity contribution in [3.05, 3.63) is 0 Å². The van der Waals surface area contributed by atoms with Gasteiger partial charge in [0.2, 0.25) is 5.95 Å². The smallest absolute Gasteiger partial charge is 0.243 e. The van der Waals surface area contributed by atoms with Crippen LogP contribution in [0.3, 0.4) is 0 Å². The Labute approximate surface area is 82.5 Å². The molecule has 1 aromatic heterocycles. The number of hydrogen-bond acceptors (Lipinski definition) is 4. The second-order valence-electron chi connectivity index (χ2n) is 3.57. The van der Waals surface area contributed by atoms with E-state index in [1.807, 2.05) is 0 Å². The van der Waals surface area contributed by atoms with Crippen molar-refractivity contribution < 1.29 is 0 Å². The van der Waals surface area contributed by atoms with Crippen LogP contribution in [0.25, 0.3) is 0 Å². The molecular formula is C7H14ClN5. The minimum absolute atomic E-state index is 0.0791. The highest BCUT2D eigenvalue weighted by Gasteiger charge is 2.18. The molecular weight excluding hydrogens is 190 g/mol. The summed E-state index contributed by atoms with van der Waals surface area (Å²) in [6.07, 6.45) is 0.863. The van der Waals surface area contributed by atoms with Crippen LogP contribution < -0.4 is 5.32 Å². The lowest BCUT2D eigenvalue weighted by Crippen LogP contribution is -2.32. The van der Waals surface area contributed by atoms with Gasteiger partial charge in [-0.3, -0.25) is 0 Å².